The molecule has 0 aliphatic rings. The molecule has 0 bridgehead atoms. The lowest BCUT2D eigenvalue weighted by Gasteiger charge is -2.10. The molecule has 0 saturated heterocycles. The van der Waals surface area contributed by atoms with Crippen LogP contribution in [0.15, 0.2) is 106 Å². The summed E-state index contributed by atoms with van der Waals surface area (Å²) >= 11 is 5.26. The summed E-state index contributed by atoms with van der Waals surface area (Å²) < 4.78 is 12.3. The van der Waals surface area contributed by atoms with Gasteiger partial charge in [-0.1, -0.05) is 66.7 Å². The largest absolute Gasteiger partial charge is 0.463 e. The second-order valence-corrected chi connectivity index (χ2v) is 8.27. The average molecular weight is 466 g/mol. The maximum Gasteiger partial charge on any atom is 0.237 e. The second kappa shape index (κ2) is 9.37. The first-order valence-electron chi connectivity index (χ1n) is 10.9. The van der Waals surface area contributed by atoms with Gasteiger partial charge in [0.25, 0.3) is 0 Å². The van der Waals surface area contributed by atoms with Gasteiger partial charge in [0.2, 0.25) is 5.55 Å². The van der Waals surface area contributed by atoms with Gasteiger partial charge in [-0.3, -0.25) is 5.43 Å². The Morgan fingerprint density at radius 3 is 2.26 bits per heavy atom. The Labute approximate surface area is 202 Å². The second-order valence-electron chi connectivity index (χ2n) is 7.86. The van der Waals surface area contributed by atoms with Gasteiger partial charge in [-0.2, -0.15) is 0 Å². The predicted molar refractivity (Wildman–Crippen MR) is 141 cm³/mol. The summed E-state index contributed by atoms with van der Waals surface area (Å²) in [6.45, 7) is 6.23. The topological polar surface area (TPSA) is 62.7 Å². The molecule has 2 N–H and O–H groups in total. The van der Waals surface area contributed by atoms with Crippen LogP contribution >= 0.6 is 12.2 Å². The third-order valence-electron chi connectivity index (χ3n) is 5.65. The third-order valence-corrected chi connectivity index (χ3v) is 5.89. The van der Waals surface area contributed by atoms with E-state index in [1.54, 1.807) is 6.08 Å². The molecule has 0 radical (unpaired) electrons. The smallest absolute Gasteiger partial charge is 0.237 e. The number of nitrogens with one attached hydrogen (secondary N) is 2. The molecule has 34 heavy (non-hydrogen) atoms. The molecule has 0 aliphatic heterocycles. The van der Waals surface area contributed by atoms with Crippen LogP contribution in [0.5, 0.6) is 0 Å². The van der Waals surface area contributed by atoms with Crippen LogP contribution < -0.4 is 16.3 Å². The molecule has 3 aromatic carbocycles. The molecule has 0 aliphatic carbocycles. The molecule has 5 nitrogen and oxygen atoms in total. The Hall–Kier alpha value is -4.16. The number of rotatable bonds is 5. The number of fused-ring (bicyclic) bond motifs is 2. The van der Waals surface area contributed by atoms with Gasteiger partial charge < -0.3 is 14.2 Å². The molecule has 0 fully saturated rings. The Kier molecular flexibility index (Phi) is 5.97. The SMILES string of the molecule is C=CCNC(=S)N/N=c1\cc(-c2ccccc2)c2cc3c(-c4ccccc4)coc3c(C)c2o1. The Balaban J connectivity index is 1.74. The van der Waals surface area contributed by atoms with E-state index >= 15 is 0 Å². The highest BCUT2D eigenvalue weighted by molar-refractivity contribution is 7.80. The minimum Gasteiger partial charge on any atom is -0.463 e. The van der Waals surface area contributed by atoms with Gasteiger partial charge in [0.15, 0.2) is 5.11 Å². The molecule has 6 heteroatoms. The fourth-order valence-electron chi connectivity index (χ4n) is 4.05. The van der Waals surface area contributed by atoms with Gasteiger partial charge in [-0.05, 0) is 41.9 Å². The van der Waals surface area contributed by atoms with Crippen LogP contribution in [-0.2, 0) is 0 Å². The lowest BCUT2D eigenvalue weighted by atomic mass is 9.96. The van der Waals surface area contributed by atoms with Crippen molar-refractivity contribution < 1.29 is 8.83 Å². The Morgan fingerprint density at radius 2 is 1.59 bits per heavy atom. The van der Waals surface area contributed by atoms with Crippen molar-refractivity contribution in [3.05, 3.63) is 103 Å². The van der Waals surface area contributed by atoms with Crippen molar-refractivity contribution in [2.45, 2.75) is 6.92 Å². The van der Waals surface area contributed by atoms with E-state index < -0.39 is 0 Å². The van der Waals surface area contributed by atoms with Crippen LogP contribution in [0.3, 0.4) is 0 Å². The van der Waals surface area contributed by atoms with Crippen molar-refractivity contribution in [2.75, 3.05) is 6.54 Å². The fraction of sp³-hybridized carbons (Fsp3) is 0.0714. The van der Waals surface area contributed by atoms with Crippen LogP contribution in [0, 0.1) is 6.92 Å². The van der Waals surface area contributed by atoms with Crippen molar-refractivity contribution in [3.63, 3.8) is 0 Å². The van der Waals surface area contributed by atoms with Crippen molar-refractivity contribution >= 4 is 39.3 Å². The minimum atomic E-state index is 0.391. The maximum absolute atomic E-state index is 6.24. The van der Waals surface area contributed by atoms with E-state index in [0.29, 0.717) is 22.8 Å². The first-order valence-corrected chi connectivity index (χ1v) is 11.3. The van der Waals surface area contributed by atoms with Crippen LogP contribution in [0.4, 0.5) is 0 Å². The normalized spacial score (nSPS) is 11.6. The lowest BCUT2D eigenvalue weighted by Crippen LogP contribution is -2.33. The zero-order chi connectivity index (χ0) is 23.5. The number of benzene rings is 3. The van der Waals surface area contributed by atoms with Gasteiger partial charge in [0.1, 0.15) is 11.2 Å². The highest BCUT2D eigenvalue weighted by atomic mass is 32.1. The summed E-state index contributed by atoms with van der Waals surface area (Å²) in [4.78, 5) is 0. The number of hydrogen-bond acceptors (Lipinski definition) is 4. The standard InChI is InChI=1S/C28H23N3O2S/c1-3-14-29-28(34)31-30-25-16-21(19-10-6-4-7-11-19)22-15-23-24(20-12-8-5-9-13-20)17-32-26(23)18(2)27(22)33-25/h3-13,15-17H,1,14H2,2H3,(H2,29,31,34)/b30-25+. The predicted octanol–water partition coefficient (Wildman–Crippen LogP) is 6.29. The molecule has 0 unspecified atom stereocenters. The van der Waals surface area contributed by atoms with Crippen LogP contribution in [0.2, 0.25) is 0 Å². The zero-order valence-corrected chi connectivity index (χ0v) is 19.5. The van der Waals surface area contributed by atoms with Gasteiger partial charge >= 0.3 is 0 Å². The van der Waals surface area contributed by atoms with Crippen molar-refractivity contribution in [3.8, 4) is 22.3 Å². The monoisotopic (exact) mass is 465 g/mol. The van der Waals surface area contributed by atoms with Crippen molar-refractivity contribution in [1.29, 1.82) is 0 Å². The van der Waals surface area contributed by atoms with Gasteiger partial charge in [-0.25, -0.2) is 0 Å². The van der Waals surface area contributed by atoms with Gasteiger partial charge in [0, 0.05) is 34.5 Å². The van der Waals surface area contributed by atoms with E-state index in [4.69, 9.17) is 21.1 Å². The summed E-state index contributed by atoms with van der Waals surface area (Å²) in [6, 6.07) is 24.5. The minimum absolute atomic E-state index is 0.391. The summed E-state index contributed by atoms with van der Waals surface area (Å²) in [7, 11) is 0. The number of furan rings is 1. The quantitative estimate of drug-likeness (QED) is 0.182. The van der Waals surface area contributed by atoms with E-state index in [2.05, 4.69) is 52.8 Å². The molecular formula is C28H23N3O2S. The maximum atomic E-state index is 6.24. The Bertz CT molecular complexity index is 1570. The van der Waals surface area contributed by atoms with E-state index in [1.165, 1.54) is 0 Å². The van der Waals surface area contributed by atoms with Crippen LogP contribution in [-0.4, -0.2) is 11.7 Å². The number of nitrogens with zero attached hydrogens (tertiary/aromatic N) is 1. The molecule has 2 heterocycles. The van der Waals surface area contributed by atoms with E-state index in [0.717, 1.165) is 44.2 Å². The lowest BCUT2D eigenvalue weighted by molar-refractivity contribution is 0.527. The molecule has 2 aromatic heterocycles. The first kappa shape index (κ1) is 21.7. The molecule has 0 saturated carbocycles. The summed E-state index contributed by atoms with van der Waals surface area (Å²) in [6.07, 6.45) is 3.54. The van der Waals surface area contributed by atoms with Crippen LogP contribution in [0.25, 0.3) is 44.2 Å². The number of aryl methyl sites for hydroxylation is 1. The molecule has 168 valence electrons. The van der Waals surface area contributed by atoms with Crippen molar-refractivity contribution in [2.24, 2.45) is 5.10 Å². The highest BCUT2D eigenvalue weighted by Crippen LogP contribution is 2.38. The molecule has 5 aromatic rings. The molecular weight excluding hydrogens is 442 g/mol. The average Bonchev–Trinajstić information content (AvgIpc) is 3.31. The highest BCUT2D eigenvalue weighted by Gasteiger charge is 2.17. The summed E-state index contributed by atoms with van der Waals surface area (Å²) in [5, 5.41) is 9.80. The summed E-state index contributed by atoms with van der Waals surface area (Å²) in [5.74, 6) is 0. The molecule has 0 atom stereocenters. The van der Waals surface area contributed by atoms with Gasteiger partial charge in [0.05, 0.1) is 6.26 Å². The van der Waals surface area contributed by atoms with E-state index in [1.807, 2.05) is 55.7 Å². The molecule has 0 amide bonds. The van der Waals surface area contributed by atoms with Gasteiger partial charge in [-0.15, -0.1) is 11.7 Å². The Morgan fingerprint density at radius 1 is 0.941 bits per heavy atom. The number of hydrogen-bond donors (Lipinski definition) is 2. The zero-order valence-electron chi connectivity index (χ0n) is 18.7. The van der Waals surface area contributed by atoms with Crippen LogP contribution in [0.1, 0.15) is 5.56 Å². The third kappa shape index (κ3) is 4.11. The molecule has 0 spiro atoms. The first-order chi connectivity index (χ1) is 16.7. The van der Waals surface area contributed by atoms with E-state index in [-0.39, 0.29) is 0 Å². The molecule has 5 rings (SSSR count). The van der Waals surface area contributed by atoms with Crippen molar-refractivity contribution in [1.82, 2.24) is 10.7 Å². The summed E-state index contributed by atoms with van der Waals surface area (Å²) in [5.41, 5.74) is 9.90. The van der Waals surface area contributed by atoms with E-state index in [9.17, 15) is 0 Å². The number of thiocarbonyl (C=S) groups is 1. The fourth-order valence-corrected chi connectivity index (χ4v) is 4.17.